The summed E-state index contributed by atoms with van der Waals surface area (Å²) in [7, 11) is 1.78. The Balaban J connectivity index is 1.65. The number of benzene rings is 1. The van der Waals surface area contributed by atoms with Gasteiger partial charge in [0.2, 0.25) is 0 Å². The zero-order chi connectivity index (χ0) is 20.3. The molecule has 3 rings (SSSR count). The second kappa shape index (κ2) is 8.80. The van der Waals surface area contributed by atoms with Gasteiger partial charge in [-0.3, -0.25) is 9.48 Å². The molecule has 0 saturated carbocycles. The lowest BCUT2D eigenvalue weighted by molar-refractivity contribution is 0.0786. The van der Waals surface area contributed by atoms with E-state index >= 15 is 0 Å². The summed E-state index contributed by atoms with van der Waals surface area (Å²) in [6, 6.07) is 7.92. The molecule has 28 heavy (non-hydrogen) atoms. The van der Waals surface area contributed by atoms with Crippen molar-refractivity contribution in [2.45, 2.75) is 40.5 Å². The number of nitrogens with zero attached hydrogens (tertiary/aromatic N) is 3. The summed E-state index contributed by atoms with van der Waals surface area (Å²) in [4.78, 5) is 15.1. The molecule has 0 bridgehead atoms. The number of halogens is 1. The molecule has 0 saturated heterocycles. The molecule has 2 aromatic heterocycles. The SMILES string of the molecule is CCn1ncc(Cl)c1CN(C)C(=O)c1cc(COc2cccc(C)c2C)cs1. The van der Waals surface area contributed by atoms with Crippen molar-refractivity contribution in [3.05, 3.63) is 68.1 Å². The average Bonchev–Trinajstić information content (AvgIpc) is 3.29. The predicted molar refractivity (Wildman–Crippen MR) is 113 cm³/mol. The van der Waals surface area contributed by atoms with Gasteiger partial charge >= 0.3 is 0 Å². The van der Waals surface area contributed by atoms with E-state index in [2.05, 4.69) is 18.1 Å². The van der Waals surface area contributed by atoms with Gasteiger partial charge in [0.1, 0.15) is 12.4 Å². The summed E-state index contributed by atoms with van der Waals surface area (Å²) in [6.07, 6.45) is 1.62. The minimum atomic E-state index is -0.0390. The summed E-state index contributed by atoms with van der Waals surface area (Å²) in [5.41, 5.74) is 4.16. The van der Waals surface area contributed by atoms with Gasteiger partial charge in [0.15, 0.2) is 0 Å². The fourth-order valence-electron chi connectivity index (χ4n) is 2.91. The lowest BCUT2D eigenvalue weighted by Crippen LogP contribution is -2.27. The van der Waals surface area contributed by atoms with E-state index in [-0.39, 0.29) is 5.91 Å². The quantitative estimate of drug-likeness (QED) is 0.538. The normalized spacial score (nSPS) is 10.9. The molecule has 0 aliphatic rings. The van der Waals surface area contributed by atoms with E-state index < -0.39 is 0 Å². The zero-order valence-corrected chi connectivity index (χ0v) is 18.1. The molecule has 1 amide bonds. The van der Waals surface area contributed by atoms with Crippen molar-refractivity contribution in [2.24, 2.45) is 0 Å². The van der Waals surface area contributed by atoms with Gasteiger partial charge < -0.3 is 9.64 Å². The highest BCUT2D eigenvalue weighted by Gasteiger charge is 2.18. The van der Waals surface area contributed by atoms with E-state index in [9.17, 15) is 4.79 Å². The van der Waals surface area contributed by atoms with Crippen molar-refractivity contribution < 1.29 is 9.53 Å². The van der Waals surface area contributed by atoms with E-state index in [0.29, 0.717) is 29.6 Å². The minimum Gasteiger partial charge on any atom is -0.489 e. The molecular formula is C21H24ClN3O2S. The number of thiophene rings is 1. The zero-order valence-electron chi connectivity index (χ0n) is 16.5. The Labute approximate surface area is 174 Å². The highest BCUT2D eigenvalue weighted by molar-refractivity contribution is 7.12. The maximum Gasteiger partial charge on any atom is 0.264 e. The maximum atomic E-state index is 12.8. The number of carbonyl (C=O) groups is 1. The van der Waals surface area contributed by atoms with Crippen molar-refractivity contribution in [1.82, 2.24) is 14.7 Å². The third-order valence-corrected chi connectivity index (χ3v) is 6.03. The second-order valence-corrected chi connectivity index (χ2v) is 8.04. The van der Waals surface area contributed by atoms with Gasteiger partial charge in [0, 0.05) is 19.2 Å². The van der Waals surface area contributed by atoms with Crippen molar-refractivity contribution in [1.29, 1.82) is 0 Å². The Morgan fingerprint density at radius 3 is 2.89 bits per heavy atom. The molecule has 2 heterocycles. The van der Waals surface area contributed by atoms with Crippen LogP contribution in [-0.2, 0) is 19.7 Å². The molecule has 7 heteroatoms. The van der Waals surface area contributed by atoms with Gasteiger partial charge in [-0.05, 0) is 49.4 Å². The van der Waals surface area contributed by atoms with Gasteiger partial charge in [-0.15, -0.1) is 11.3 Å². The van der Waals surface area contributed by atoms with Gasteiger partial charge in [0.25, 0.3) is 5.91 Å². The highest BCUT2D eigenvalue weighted by atomic mass is 35.5. The Bertz CT molecular complexity index is 980. The Morgan fingerprint density at radius 1 is 1.36 bits per heavy atom. The predicted octanol–water partition coefficient (Wildman–Crippen LogP) is 5.09. The van der Waals surface area contributed by atoms with Crippen LogP contribution in [0.4, 0.5) is 0 Å². The molecule has 0 aliphatic carbocycles. The number of hydrogen-bond donors (Lipinski definition) is 0. The summed E-state index contributed by atoms with van der Waals surface area (Å²) in [6.45, 7) is 7.67. The molecule has 0 aliphatic heterocycles. The van der Waals surface area contributed by atoms with Gasteiger partial charge in [-0.25, -0.2) is 0 Å². The first kappa shape index (κ1) is 20.4. The smallest absolute Gasteiger partial charge is 0.264 e. The first-order valence-electron chi connectivity index (χ1n) is 9.12. The molecule has 3 aromatic rings. The average molecular weight is 418 g/mol. The van der Waals surface area contributed by atoms with Crippen molar-refractivity contribution in [2.75, 3.05) is 7.05 Å². The lowest BCUT2D eigenvalue weighted by Gasteiger charge is -2.17. The van der Waals surface area contributed by atoms with E-state index in [0.717, 1.165) is 22.6 Å². The Morgan fingerprint density at radius 2 is 2.14 bits per heavy atom. The fraction of sp³-hybridized carbons (Fsp3) is 0.333. The first-order valence-corrected chi connectivity index (χ1v) is 10.4. The van der Waals surface area contributed by atoms with E-state index in [1.165, 1.54) is 16.9 Å². The van der Waals surface area contributed by atoms with Crippen molar-refractivity contribution in [3.8, 4) is 5.75 Å². The number of hydrogen-bond acceptors (Lipinski definition) is 4. The fourth-order valence-corrected chi connectivity index (χ4v) is 4.00. The molecule has 5 nitrogen and oxygen atoms in total. The molecular weight excluding hydrogens is 394 g/mol. The summed E-state index contributed by atoms with van der Waals surface area (Å²) in [5.74, 6) is 0.835. The van der Waals surface area contributed by atoms with Crippen LogP contribution in [0.2, 0.25) is 5.02 Å². The van der Waals surface area contributed by atoms with Gasteiger partial charge in [0.05, 0.1) is 28.3 Å². The van der Waals surface area contributed by atoms with Gasteiger partial charge in [-0.2, -0.15) is 5.10 Å². The standard InChI is InChI=1S/C21H24ClN3O2S/c1-5-25-18(17(22)10-23-25)11-24(4)21(26)20-9-16(13-28-20)12-27-19-8-6-7-14(2)15(19)3/h6-10,13H,5,11-12H2,1-4H3. The van der Waals surface area contributed by atoms with Gasteiger partial charge in [-0.1, -0.05) is 23.7 Å². The molecule has 0 unspecified atom stereocenters. The number of ether oxygens (including phenoxy) is 1. The van der Waals surface area contributed by atoms with Crippen LogP contribution in [0.3, 0.4) is 0 Å². The lowest BCUT2D eigenvalue weighted by atomic mass is 10.1. The molecule has 0 atom stereocenters. The van der Waals surface area contributed by atoms with Crippen molar-refractivity contribution in [3.63, 3.8) is 0 Å². The third kappa shape index (κ3) is 4.39. The molecule has 1 aromatic carbocycles. The number of rotatable bonds is 7. The van der Waals surface area contributed by atoms with Crippen LogP contribution < -0.4 is 4.74 Å². The molecule has 0 spiro atoms. The molecule has 0 radical (unpaired) electrons. The Kier molecular flexibility index (Phi) is 6.42. The number of carbonyl (C=O) groups excluding carboxylic acids is 1. The monoisotopic (exact) mass is 417 g/mol. The van der Waals surface area contributed by atoms with Crippen LogP contribution in [0.1, 0.15) is 39.0 Å². The minimum absolute atomic E-state index is 0.0390. The molecule has 0 N–H and O–H groups in total. The van der Waals surface area contributed by atoms with Crippen LogP contribution in [0.5, 0.6) is 5.75 Å². The summed E-state index contributed by atoms with van der Waals surface area (Å²) >= 11 is 7.64. The summed E-state index contributed by atoms with van der Waals surface area (Å²) in [5, 5.41) is 6.77. The van der Waals surface area contributed by atoms with Crippen LogP contribution in [0, 0.1) is 13.8 Å². The van der Waals surface area contributed by atoms with E-state index in [4.69, 9.17) is 16.3 Å². The maximum absolute atomic E-state index is 12.8. The largest absolute Gasteiger partial charge is 0.489 e. The first-order chi connectivity index (χ1) is 13.4. The number of aryl methyl sites for hydroxylation is 2. The molecule has 148 valence electrons. The molecule has 0 fully saturated rings. The van der Waals surface area contributed by atoms with Crippen LogP contribution >= 0.6 is 22.9 Å². The number of amides is 1. The van der Waals surface area contributed by atoms with Crippen LogP contribution in [0.15, 0.2) is 35.8 Å². The second-order valence-electron chi connectivity index (χ2n) is 6.72. The Hall–Kier alpha value is -2.31. The van der Waals surface area contributed by atoms with Crippen molar-refractivity contribution >= 4 is 28.8 Å². The van der Waals surface area contributed by atoms with Crippen LogP contribution in [0.25, 0.3) is 0 Å². The number of aromatic nitrogens is 2. The van der Waals surface area contributed by atoms with E-state index in [1.54, 1.807) is 18.1 Å². The van der Waals surface area contributed by atoms with E-state index in [1.807, 2.05) is 42.1 Å². The summed E-state index contributed by atoms with van der Waals surface area (Å²) < 4.78 is 7.75. The van der Waals surface area contributed by atoms with Crippen LogP contribution in [-0.4, -0.2) is 27.6 Å². The highest BCUT2D eigenvalue weighted by Crippen LogP contribution is 2.24. The topological polar surface area (TPSA) is 47.4 Å². The third-order valence-electron chi connectivity index (χ3n) is 4.74.